The molecule has 0 aromatic heterocycles. The van der Waals surface area contributed by atoms with Gasteiger partial charge in [0.2, 0.25) is 5.91 Å². The molecule has 2 aromatic rings. The van der Waals surface area contributed by atoms with Crippen LogP contribution in [0.15, 0.2) is 54.6 Å². The standard InChI is InChI=1S/C20H23NO3S/c1-23-18-12-17(13-19(14-18)24-2)8-9-20(22)21-10-11-25-15-16-6-4-3-5-7-16/h3-9,12-14H,10-11,15H2,1-2H3,(H,21,22)/b9-8+. The number of carbonyl (C=O) groups is 1. The molecule has 0 radical (unpaired) electrons. The predicted molar refractivity (Wildman–Crippen MR) is 104 cm³/mol. The molecule has 0 atom stereocenters. The number of thioether (sulfide) groups is 1. The highest BCUT2D eigenvalue weighted by Gasteiger charge is 2.01. The first-order chi connectivity index (χ1) is 12.2. The van der Waals surface area contributed by atoms with E-state index in [9.17, 15) is 4.79 Å². The minimum atomic E-state index is -0.109. The fraction of sp³-hybridized carbons (Fsp3) is 0.250. The molecule has 0 fully saturated rings. The fourth-order valence-electron chi connectivity index (χ4n) is 2.17. The molecule has 2 aromatic carbocycles. The van der Waals surface area contributed by atoms with E-state index in [1.165, 1.54) is 11.6 Å². The number of carbonyl (C=O) groups excluding carboxylic acids is 1. The topological polar surface area (TPSA) is 47.6 Å². The van der Waals surface area contributed by atoms with E-state index in [-0.39, 0.29) is 5.91 Å². The van der Waals surface area contributed by atoms with Crippen LogP contribution in [0.2, 0.25) is 0 Å². The molecule has 0 aliphatic carbocycles. The van der Waals surface area contributed by atoms with Gasteiger partial charge in [-0.2, -0.15) is 11.8 Å². The molecule has 0 bridgehead atoms. The van der Waals surface area contributed by atoms with Gasteiger partial charge in [-0.05, 0) is 29.3 Å². The van der Waals surface area contributed by atoms with E-state index in [2.05, 4.69) is 17.4 Å². The lowest BCUT2D eigenvalue weighted by Gasteiger charge is -2.06. The molecule has 4 nitrogen and oxygen atoms in total. The number of amides is 1. The number of ether oxygens (including phenoxy) is 2. The summed E-state index contributed by atoms with van der Waals surface area (Å²) in [5.74, 6) is 3.10. The molecule has 0 aliphatic heterocycles. The molecule has 0 heterocycles. The Morgan fingerprint density at radius 2 is 1.76 bits per heavy atom. The summed E-state index contributed by atoms with van der Waals surface area (Å²) in [7, 11) is 3.20. The fourth-order valence-corrected chi connectivity index (χ4v) is 2.99. The number of rotatable bonds is 9. The summed E-state index contributed by atoms with van der Waals surface area (Å²) in [6.07, 6.45) is 3.27. The Hall–Kier alpha value is -2.40. The minimum Gasteiger partial charge on any atom is -0.497 e. The van der Waals surface area contributed by atoms with Gasteiger partial charge in [-0.3, -0.25) is 4.79 Å². The van der Waals surface area contributed by atoms with E-state index in [0.717, 1.165) is 17.1 Å². The van der Waals surface area contributed by atoms with Crippen molar-refractivity contribution in [3.63, 3.8) is 0 Å². The normalized spacial score (nSPS) is 10.6. The van der Waals surface area contributed by atoms with Crippen LogP contribution in [0.4, 0.5) is 0 Å². The second kappa shape index (κ2) is 10.5. The second-order valence-electron chi connectivity index (χ2n) is 5.31. The van der Waals surface area contributed by atoms with Gasteiger partial charge in [0.05, 0.1) is 14.2 Å². The summed E-state index contributed by atoms with van der Waals surface area (Å²) in [6, 6.07) is 15.8. The Morgan fingerprint density at radius 1 is 1.08 bits per heavy atom. The first-order valence-electron chi connectivity index (χ1n) is 8.02. The van der Waals surface area contributed by atoms with Crippen LogP contribution in [0.3, 0.4) is 0 Å². The van der Waals surface area contributed by atoms with Crippen molar-refractivity contribution in [3.8, 4) is 11.5 Å². The Kier molecular flexibility index (Phi) is 7.92. The Balaban J connectivity index is 1.73. The lowest BCUT2D eigenvalue weighted by Crippen LogP contribution is -2.23. The molecule has 0 unspecified atom stereocenters. The van der Waals surface area contributed by atoms with Crippen molar-refractivity contribution < 1.29 is 14.3 Å². The molecular formula is C20H23NO3S. The minimum absolute atomic E-state index is 0.109. The second-order valence-corrected chi connectivity index (χ2v) is 6.41. The molecule has 0 saturated carbocycles. The predicted octanol–water partition coefficient (Wildman–Crippen LogP) is 3.77. The zero-order chi connectivity index (χ0) is 17.9. The van der Waals surface area contributed by atoms with Crippen molar-refractivity contribution in [2.24, 2.45) is 0 Å². The molecule has 0 aliphatic rings. The molecule has 0 saturated heterocycles. The van der Waals surface area contributed by atoms with Crippen LogP contribution in [-0.4, -0.2) is 32.4 Å². The van der Waals surface area contributed by atoms with Gasteiger partial charge in [0.1, 0.15) is 11.5 Å². The maximum atomic E-state index is 11.9. The van der Waals surface area contributed by atoms with E-state index in [1.54, 1.807) is 38.1 Å². The SMILES string of the molecule is COc1cc(/C=C/C(=O)NCCSCc2ccccc2)cc(OC)c1. The van der Waals surface area contributed by atoms with Crippen molar-refractivity contribution in [1.29, 1.82) is 0 Å². The first-order valence-corrected chi connectivity index (χ1v) is 9.17. The highest BCUT2D eigenvalue weighted by atomic mass is 32.2. The van der Waals surface area contributed by atoms with E-state index in [1.807, 2.05) is 30.3 Å². The van der Waals surface area contributed by atoms with Gasteiger partial charge in [0, 0.05) is 30.2 Å². The average Bonchev–Trinajstić information content (AvgIpc) is 2.66. The number of methoxy groups -OCH3 is 2. The molecular weight excluding hydrogens is 334 g/mol. The third-order valence-corrected chi connectivity index (χ3v) is 4.49. The van der Waals surface area contributed by atoms with Crippen LogP contribution in [0.1, 0.15) is 11.1 Å². The van der Waals surface area contributed by atoms with Crippen molar-refractivity contribution in [2.75, 3.05) is 26.5 Å². The highest BCUT2D eigenvalue weighted by Crippen LogP contribution is 2.23. The summed E-state index contributed by atoms with van der Waals surface area (Å²) in [4.78, 5) is 11.9. The first kappa shape index (κ1) is 18.9. The summed E-state index contributed by atoms with van der Waals surface area (Å²) >= 11 is 1.80. The van der Waals surface area contributed by atoms with Gasteiger partial charge in [-0.25, -0.2) is 0 Å². The molecule has 1 amide bonds. The van der Waals surface area contributed by atoms with Gasteiger partial charge >= 0.3 is 0 Å². The maximum absolute atomic E-state index is 11.9. The lowest BCUT2D eigenvalue weighted by molar-refractivity contribution is -0.116. The van der Waals surface area contributed by atoms with E-state index in [4.69, 9.17) is 9.47 Å². The molecule has 132 valence electrons. The summed E-state index contributed by atoms with van der Waals surface area (Å²) < 4.78 is 10.4. The van der Waals surface area contributed by atoms with E-state index >= 15 is 0 Å². The number of nitrogens with one attached hydrogen (secondary N) is 1. The molecule has 5 heteroatoms. The van der Waals surface area contributed by atoms with Crippen LogP contribution in [0.25, 0.3) is 6.08 Å². The number of hydrogen-bond donors (Lipinski definition) is 1. The van der Waals surface area contributed by atoms with Crippen molar-refractivity contribution in [2.45, 2.75) is 5.75 Å². The lowest BCUT2D eigenvalue weighted by atomic mass is 10.2. The van der Waals surface area contributed by atoms with Gasteiger partial charge in [0.15, 0.2) is 0 Å². The quantitative estimate of drug-likeness (QED) is 0.548. The number of benzene rings is 2. The van der Waals surface area contributed by atoms with E-state index < -0.39 is 0 Å². The van der Waals surface area contributed by atoms with Crippen LogP contribution in [0, 0.1) is 0 Å². The highest BCUT2D eigenvalue weighted by molar-refractivity contribution is 7.98. The average molecular weight is 357 g/mol. The summed E-state index contributed by atoms with van der Waals surface area (Å²) in [5, 5.41) is 2.89. The third-order valence-electron chi connectivity index (χ3n) is 3.46. The van der Waals surface area contributed by atoms with Crippen molar-refractivity contribution >= 4 is 23.7 Å². The molecule has 25 heavy (non-hydrogen) atoms. The Morgan fingerprint density at radius 3 is 2.40 bits per heavy atom. The zero-order valence-electron chi connectivity index (χ0n) is 14.5. The molecule has 1 N–H and O–H groups in total. The van der Waals surface area contributed by atoms with Gasteiger partial charge in [0.25, 0.3) is 0 Å². The van der Waals surface area contributed by atoms with Gasteiger partial charge < -0.3 is 14.8 Å². The zero-order valence-corrected chi connectivity index (χ0v) is 15.3. The van der Waals surface area contributed by atoms with Gasteiger partial charge in [-0.1, -0.05) is 30.3 Å². The van der Waals surface area contributed by atoms with Crippen molar-refractivity contribution in [3.05, 3.63) is 65.7 Å². The molecule has 2 rings (SSSR count). The monoisotopic (exact) mass is 357 g/mol. The Labute approximate surface area is 153 Å². The Bertz CT molecular complexity index is 679. The summed E-state index contributed by atoms with van der Waals surface area (Å²) in [6.45, 7) is 0.641. The largest absolute Gasteiger partial charge is 0.497 e. The van der Waals surface area contributed by atoms with Crippen molar-refractivity contribution in [1.82, 2.24) is 5.32 Å². The van der Waals surface area contributed by atoms with Crippen LogP contribution in [-0.2, 0) is 10.5 Å². The third kappa shape index (κ3) is 6.93. The van der Waals surface area contributed by atoms with Crippen LogP contribution in [0.5, 0.6) is 11.5 Å². The maximum Gasteiger partial charge on any atom is 0.244 e. The molecule has 0 spiro atoms. The van der Waals surface area contributed by atoms with Crippen LogP contribution >= 0.6 is 11.8 Å². The van der Waals surface area contributed by atoms with Gasteiger partial charge in [-0.15, -0.1) is 0 Å². The summed E-state index contributed by atoms with van der Waals surface area (Å²) in [5.41, 5.74) is 2.15. The van der Waals surface area contributed by atoms with E-state index in [0.29, 0.717) is 18.0 Å². The smallest absolute Gasteiger partial charge is 0.244 e. The van der Waals surface area contributed by atoms with Crippen LogP contribution < -0.4 is 14.8 Å². The number of hydrogen-bond acceptors (Lipinski definition) is 4.